The van der Waals surface area contributed by atoms with E-state index >= 15 is 0 Å². The lowest BCUT2D eigenvalue weighted by Crippen LogP contribution is -2.34. The standard InChI is InChI=1S/C13H21N3O2/c1-9(2)17-12-8-10(3)15-13(16-12)18-11-4-6-14-7-5-11/h8-9,11,14H,4-7H2,1-3H3. The monoisotopic (exact) mass is 251 g/mol. The van der Waals surface area contributed by atoms with Crippen LogP contribution in [0.3, 0.4) is 0 Å². The van der Waals surface area contributed by atoms with E-state index in [0.717, 1.165) is 31.6 Å². The van der Waals surface area contributed by atoms with Crippen molar-refractivity contribution in [3.63, 3.8) is 0 Å². The van der Waals surface area contributed by atoms with Gasteiger partial charge in [0.15, 0.2) is 0 Å². The Balaban J connectivity index is 2.04. The molecule has 1 N–H and O–H groups in total. The minimum Gasteiger partial charge on any atom is -0.475 e. The molecule has 0 aliphatic carbocycles. The first-order valence-electron chi connectivity index (χ1n) is 6.53. The van der Waals surface area contributed by atoms with Gasteiger partial charge in [0.1, 0.15) is 6.10 Å². The minimum atomic E-state index is 0.103. The SMILES string of the molecule is Cc1cc(OC(C)C)nc(OC2CCNCC2)n1. The number of piperidine rings is 1. The molecule has 18 heavy (non-hydrogen) atoms. The van der Waals surface area contributed by atoms with E-state index in [0.29, 0.717) is 11.9 Å². The molecule has 0 amide bonds. The third kappa shape index (κ3) is 3.84. The Morgan fingerprint density at radius 3 is 2.67 bits per heavy atom. The number of nitrogens with one attached hydrogen (secondary N) is 1. The summed E-state index contributed by atoms with van der Waals surface area (Å²) in [6.07, 6.45) is 2.31. The molecule has 1 aliphatic heterocycles. The highest BCUT2D eigenvalue weighted by Gasteiger charge is 2.16. The first-order chi connectivity index (χ1) is 8.63. The van der Waals surface area contributed by atoms with Crippen LogP contribution >= 0.6 is 0 Å². The molecule has 100 valence electrons. The molecule has 0 bridgehead atoms. The van der Waals surface area contributed by atoms with Gasteiger partial charge < -0.3 is 14.8 Å². The molecule has 0 saturated carbocycles. The maximum atomic E-state index is 5.82. The summed E-state index contributed by atoms with van der Waals surface area (Å²) in [6.45, 7) is 7.86. The lowest BCUT2D eigenvalue weighted by Gasteiger charge is -2.23. The van der Waals surface area contributed by atoms with E-state index in [1.807, 2.05) is 26.8 Å². The quantitative estimate of drug-likeness (QED) is 0.882. The third-order valence-corrected chi connectivity index (χ3v) is 2.72. The zero-order chi connectivity index (χ0) is 13.0. The molecule has 1 aromatic rings. The maximum Gasteiger partial charge on any atom is 0.320 e. The maximum absolute atomic E-state index is 5.82. The van der Waals surface area contributed by atoms with E-state index in [1.54, 1.807) is 0 Å². The molecule has 5 nitrogen and oxygen atoms in total. The summed E-state index contributed by atoms with van der Waals surface area (Å²) in [7, 11) is 0. The van der Waals surface area contributed by atoms with Gasteiger partial charge in [-0.3, -0.25) is 0 Å². The summed E-state index contributed by atoms with van der Waals surface area (Å²) < 4.78 is 11.4. The van der Waals surface area contributed by atoms with Crippen LogP contribution in [0.25, 0.3) is 0 Å². The van der Waals surface area contributed by atoms with Crippen LogP contribution < -0.4 is 14.8 Å². The van der Waals surface area contributed by atoms with E-state index in [9.17, 15) is 0 Å². The summed E-state index contributed by atoms with van der Waals surface area (Å²) in [6, 6.07) is 2.26. The van der Waals surface area contributed by atoms with Gasteiger partial charge in [0.2, 0.25) is 5.88 Å². The van der Waals surface area contributed by atoms with Crippen molar-refractivity contribution in [2.75, 3.05) is 13.1 Å². The van der Waals surface area contributed by atoms with Gasteiger partial charge in [0.05, 0.1) is 6.10 Å². The van der Waals surface area contributed by atoms with E-state index < -0.39 is 0 Å². The molecule has 2 heterocycles. The van der Waals surface area contributed by atoms with Crippen molar-refractivity contribution in [3.05, 3.63) is 11.8 Å². The zero-order valence-corrected chi connectivity index (χ0v) is 11.3. The number of hydrogen-bond donors (Lipinski definition) is 1. The second-order valence-corrected chi connectivity index (χ2v) is 4.86. The summed E-state index contributed by atoms with van der Waals surface area (Å²) >= 11 is 0. The molecule has 1 fully saturated rings. The molecule has 0 radical (unpaired) electrons. The molecule has 2 rings (SSSR count). The summed E-state index contributed by atoms with van der Waals surface area (Å²) in [5.41, 5.74) is 0.865. The highest BCUT2D eigenvalue weighted by molar-refractivity contribution is 5.18. The Morgan fingerprint density at radius 2 is 2.00 bits per heavy atom. The summed E-state index contributed by atoms with van der Waals surface area (Å²) in [5, 5.41) is 3.30. The van der Waals surface area contributed by atoms with Crippen LogP contribution in [0.2, 0.25) is 0 Å². The van der Waals surface area contributed by atoms with Crippen LogP contribution in [0, 0.1) is 6.92 Å². The van der Waals surface area contributed by atoms with Crippen LogP contribution in [0.1, 0.15) is 32.4 Å². The van der Waals surface area contributed by atoms with E-state index in [4.69, 9.17) is 9.47 Å². The summed E-state index contributed by atoms with van der Waals surface area (Å²) in [4.78, 5) is 8.59. The van der Waals surface area contributed by atoms with Gasteiger partial charge in [-0.2, -0.15) is 4.98 Å². The number of aryl methyl sites for hydroxylation is 1. The van der Waals surface area contributed by atoms with Gasteiger partial charge in [0, 0.05) is 11.8 Å². The van der Waals surface area contributed by atoms with Crippen molar-refractivity contribution >= 4 is 0 Å². The predicted molar refractivity (Wildman–Crippen MR) is 69.1 cm³/mol. The first kappa shape index (κ1) is 13.1. The fourth-order valence-corrected chi connectivity index (χ4v) is 1.93. The molecule has 1 aliphatic rings. The average Bonchev–Trinajstić information content (AvgIpc) is 2.28. The highest BCUT2D eigenvalue weighted by atomic mass is 16.5. The Labute approximate surface area is 108 Å². The fraction of sp³-hybridized carbons (Fsp3) is 0.692. The van der Waals surface area contributed by atoms with Crippen molar-refractivity contribution in [2.24, 2.45) is 0 Å². The van der Waals surface area contributed by atoms with Gasteiger partial charge in [-0.25, -0.2) is 4.98 Å². The largest absolute Gasteiger partial charge is 0.475 e. The van der Waals surface area contributed by atoms with Crippen molar-refractivity contribution in [1.29, 1.82) is 0 Å². The van der Waals surface area contributed by atoms with Crippen LogP contribution in [0.5, 0.6) is 11.9 Å². The van der Waals surface area contributed by atoms with Crippen LogP contribution in [-0.2, 0) is 0 Å². The van der Waals surface area contributed by atoms with Crippen molar-refractivity contribution < 1.29 is 9.47 Å². The molecule has 1 saturated heterocycles. The number of hydrogen-bond acceptors (Lipinski definition) is 5. The third-order valence-electron chi connectivity index (χ3n) is 2.72. The lowest BCUT2D eigenvalue weighted by molar-refractivity contribution is 0.144. The Kier molecular flexibility index (Phi) is 4.36. The number of ether oxygens (including phenoxy) is 2. The van der Waals surface area contributed by atoms with Gasteiger partial charge in [-0.15, -0.1) is 0 Å². The topological polar surface area (TPSA) is 56.3 Å². The van der Waals surface area contributed by atoms with Crippen LogP contribution in [0.4, 0.5) is 0 Å². The van der Waals surface area contributed by atoms with Gasteiger partial charge in [0.25, 0.3) is 0 Å². The average molecular weight is 251 g/mol. The fourth-order valence-electron chi connectivity index (χ4n) is 1.93. The van der Waals surface area contributed by atoms with Crippen LogP contribution in [-0.4, -0.2) is 35.3 Å². The van der Waals surface area contributed by atoms with Crippen molar-refractivity contribution in [3.8, 4) is 11.9 Å². The predicted octanol–water partition coefficient (Wildman–Crippen LogP) is 1.70. The molecule has 0 atom stereocenters. The molecule has 1 aromatic heterocycles. The van der Waals surface area contributed by atoms with Crippen LogP contribution in [0.15, 0.2) is 6.07 Å². The smallest absolute Gasteiger partial charge is 0.320 e. The van der Waals surface area contributed by atoms with Crippen molar-refractivity contribution in [1.82, 2.24) is 15.3 Å². The number of aromatic nitrogens is 2. The second kappa shape index (κ2) is 6.00. The van der Waals surface area contributed by atoms with E-state index in [1.165, 1.54) is 0 Å². The molecule has 0 unspecified atom stereocenters. The molecule has 0 spiro atoms. The Morgan fingerprint density at radius 1 is 1.28 bits per heavy atom. The Hall–Kier alpha value is -1.36. The molecule has 5 heteroatoms. The number of rotatable bonds is 4. The second-order valence-electron chi connectivity index (χ2n) is 4.86. The summed E-state index contributed by atoms with van der Waals surface area (Å²) in [5.74, 6) is 0.585. The zero-order valence-electron chi connectivity index (χ0n) is 11.3. The molecule has 0 aromatic carbocycles. The normalized spacial score (nSPS) is 16.9. The molecular formula is C13H21N3O2. The van der Waals surface area contributed by atoms with Gasteiger partial charge in [-0.05, 0) is 46.7 Å². The number of nitrogens with zero attached hydrogens (tertiary/aromatic N) is 2. The minimum absolute atomic E-state index is 0.103. The molecular weight excluding hydrogens is 230 g/mol. The lowest BCUT2D eigenvalue weighted by atomic mass is 10.1. The first-order valence-corrected chi connectivity index (χ1v) is 6.53. The Bertz CT molecular complexity index is 390. The van der Waals surface area contributed by atoms with Gasteiger partial charge in [-0.1, -0.05) is 0 Å². The van der Waals surface area contributed by atoms with E-state index in [-0.39, 0.29) is 12.2 Å². The van der Waals surface area contributed by atoms with E-state index in [2.05, 4.69) is 15.3 Å². The highest BCUT2D eigenvalue weighted by Crippen LogP contribution is 2.18. The van der Waals surface area contributed by atoms with Gasteiger partial charge >= 0.3 is 6.01 Å². The van der Waals surface area contributed by atoms with Crippen molar-refractivity contribution in [2.45, 2.75) is 45.8 Å².